The largest absolute Gasteiger partial charge is 0.478 e. The van der Waals surface area contributed by atoms with Gasteiger partial charge in [-0.2, -0.15) is 5.06 Å². The van der Waals surface area contributed by atoms with E-state index in [-0.39, 0.29) is 23.5 Å². The van der Waals surface area contributed by atoms with E-state index in [1.807, 2.05) is 0 Å². The molecule has 8 heteroatoms. The molecule has 2 heterocycles. The second kappa shape index (κ2) is 6.22. The minimum absolute atomic E-state index is 0.148. The number of rotatable bonds is 1. The number of hydrogen-bond donors (Lipinski definition) is 2. The van der Waals surface area contributed by atoms with E-state index in [1.165, 1.54) is 18.5 Å². The second-order valence-corrected chi connectivity index (χ2v) is 4.21. The van der Waals surface area contributed by atoms with Crippen molar-refractivity contribution in [3.63, 3.8) is 0 Å². The number of hydrogen-bond acceptors (Lipinski definition) is 5. The van der Waals surface area contributed by atoms with Gasteiger partial charge in [0.05, 0.1) is 5.56 Å². The van der Waals surface area contributed by atoms with Crippen LogP contribution in [0.25, 0.3) is 0 Å². The van der Waals surface area contributed by atoms with Crippen molar-refractivity contribution in [2.75, 3.05) is 0 Å². The van der Waals surface area contributed by atoms with Gasteiger partial charge in [-0.3, -0.25) is 19.8 Å². The molecule has 0 atom stereocenters. The smallest absolute Gasteiger partial charge is 0.337 e. The summed E-state index contributed by atoms with van der Waals surface area (Å²) in [5, 5.41) is 17.0. The summed E-state index contributed by atoms with van der Waals surface area (Å²) < 4.78 is 0.674. The summed E-state index contributed by atoms with van der Waals surface area (Å²) >= 11 is 3.10. The molecule has 0 aromatic carbocycles. The topological polar surface area (TPSA) is 108 Å². The van der Waals surface area contributed by atoms with Gasteiger partial charge in [-0.1, -0.05) is 0 Å². The van der Waals surface area contributed by atoms with E-state index in [9.17, 15) is 14.4 Å². The highest BCUT2D eigenvalue weighted by Crippen LogP contribution is 2.08. The first-order valence-corrected chi connectivity index (χ1v) is 5.59. The Morgan fingerprint density at radius 2 is 1.83 bits per heavy atom. The number of hydroxylamine groups is 2. The molecule has 1 aromatic heterocycles. The number of imide groups is 1. The predicted molar refractivity (Wildman–Crippen MR) is 61.8 cm³/mol. The average molecular weight is 317 g/mol. The third-order valence-electron chi connectivity index (χ3n) is 1.98. The summed E-state index contributed by atoms with van der Waals surface area (Å²) in [6.07, 6.45) is 3.13. The van der Waals surface area contributed by atoms with Gasteiger partial charge in [0.2, 0.25) is 0 Å². The van der Waals surface area contributed by atoms with Crippen LogP contribution >= 0.6 is 15.9 Å². The van der Waals surface area contributed by atoms with E-state index in [0.717, 1.165) is 0 Å². The molecule has 0 spiro atoms. The van der Waals surface area contributed by atoms with Crippen molar-refractivity contribution in [3.8, 4) is 0 Å². The molecule has 1 aromatic rings. The van der Waals surface area contributed by atoms with Crippen molar-refractivity contribution < 1.29 is 24.7 Å². The lowest BCUT2D eigenvalue weighted by Crippen LogP contribution is -2.24. The SMILES string of the molecule is O=C(O)c1cncc(Br)c1.O=C1CCC(=O)N1O. The zero-order valence-electron chi connectivity index (χ0n) is 9.04. The number of aromatic carboxylic acids is 1. The molecule has 0 bridgehead atoms. The predicted octanol–water partition coefficient (Wildman–Crippen LogP) is 1.07. The van der Waals surface area contributed by atoms with Crippen LogP contribution in [0.3, 0.4) is 0 Å². The van der Waals surface area contributed by atoms with Gasteiger partial charge in [-0.05, 0) is 22.0 Å². The first kappa shape index (κ1) is 14.3. The first-order chi connectivity index (χ1) is 8.41. The number of halogens is 1. The fraction of sp³-hybridized carbons (Fsp3) is 0.200. The molecular weight excluding hydrogens is 308 g/mol. The van der Waals surface area contributed by atoms with Gasteiger partial charge >= 0.3 is 5.97 Å². The van der Waals surface area contributed by atoms with Crippen LogP contribution in [0.1, 0.15) is 23.2 Å². The Hall–Kier alpha value is -1.80. The number of carbonyl (C=O) groups is 3. The summed E-state index contributed by atoms with van der Waals surface area (Å²) in [6.45, 7) is 0. The molecule has 1 fully saturated rings. The molecule has 18 heavy (non-hydrogen) atoms. The molecule has 96 valence electrons. The van der Waals surface area contributed by atoms with Gasteiger partial charge in [-0.15, -0.1) is 0 Å². The molecule has 1 aliphatic rings. The summed E-state index contributed by atoms with van der Waals surface area (Å²) in [5.74, 6) is -1.97. The minimum Gasteiger partial charge on any atom is -0.478 e. The highest BCUT2D eigenvalue weighted by Gasteiger charge is 2.26. The maximum absolute atomic E-state index is 10.3. The molecular formula is C10H9BrN2O5. The van der Waals surface area contributed by atoms with E-state index in [0.29, 0.717) is 4.47 Å². The van der Waals surface area contributed by atoms with Gasteiger partial charge in [-0.25, -0.2) is 4.79 Å². The summed E-state index contributed by atoms with van der Waals surface area (Å²) in [4.78, 5) is 34.4. The van der Waals surface area contributed by atoms with E-state index < -0.39 is 17.8 Å². The lowest BCUT2D eigenvalue weighted by Gasteiger charge is -1.98. The van der Waals surface area contributed by atoms with Gasteiger partial charge in [0, 0.05) is 29.7 Å². The van der Waals surface area contributed by atoms with Crippen LogP contribution in [0, 0.1) is 0 Å². The van der Waals surface area contributed by atoms with Gasteiger partial charge < -0.3 is 5.11 Å². The Labute approximate surface area is 110 Å². The summed E-state index contributed by atoms with van der Waals surface area (Å²) in [7, 11) is 0. The quantitative estimate of drug-likeness (QED) is 0.592. The van der Waals surface area contributed by atoms with Gasteiger partial charge in [0.1, 0.15) is 0 Å². The number of aromatic nitrogens is 1. The standard InChI is InChI=1S/C6H4BrNO2.C4H5NO3/c7-5-1-4(6(9)10)2-8-3-5;6-3-1-2-4(7)5(3)8/h1-3H,(H,9,10);8H,1-2H2. The van der Waals surface area contributed by atoms with E-state index >= 15 is 0 Å². The van der Waals surface area contributed by atoms with Crippen LogP contribution in [-0.2, 0) is 9.59 Å². The van der Waals surface area contributed by atoms with Crippen LogP contribution in [-0.4, -0.2) is 38.1 Å². The van der Waals surface area contributed by atoms with E-state index in [2.05, 4.69) is 20.9 Å². The third kappa shape index (κ3) is 3.90. The monoisotopic (exact) mass is 316 g/mol. The third-order valence-corrected chi connectivity index (χ3v) is 2.41. The van der Waals surface area contributed by atoms with Crippen molar-refractivity contribution >= 4 is 33.7 Å². The fourth-order valence-electron chi connectivity index (χ4n) is 1.09. The molecule has 1 aliphatic heterocycles. The van der Waals surface area contributed by atoms with Crippen LogP contribution < -0.4 is 0 Å². The van der Waals surface area contributed by atoms with Gasteiger partial charge in [0.15, 0.2) is 0 Å². The maximum atomic E-state index is 10.3. The van der Waals surface area contributed by atoms with E-state index in [1.54, 1.807) is 0 Å². The zero-order chi connectivity index (χ0) is 13.7. The number of pyridine rings is 1. The normalized spacial score (nSPS) is 14.2. The molecule has 1 saturated heterocycles. The van der Waals surface area contributed by atoms with Crippen molar-refractivity contribution in [1.82, 2.24) is 10.0 Å². The highest BCUT2D eigenvalue weighted by molar-refractivity contribution is 9.10. The van der Waals surface area contributed by atoms with Crippen molar-refractivity contribution in [3.05, 3.63) is 28.5 Å². The van der Waals surface area contributed by atoms with Crippen molar-refractivity contribution in [1.29, 1.82) is 0 Å². The summed E-state index contributed by atoms with van der Waals surface area (Å²) in [6, 6.07) is 1.50. The Morgan fingerprint density at radius 3 is 2.11 bits per heavy atom. The lowest BCUT2D eigenvalue weighted by molar-refractivity contribution is -0.171. The molecule has 2 N–H and O–H groups in total. The number of amides is 2. The number of carboxylic acid groups (broad SMARTS) is 1. The van der Waals surface area contributed by atoms with E-state index in [4.69, 9.17) is 10.3 Å². The van der Waals surface area contributed by atoms with Crippen molar-refractivity contribution in [2.45, 2.75) is 12.8 Å². The Kier molecular flexibility index (Phi) is 4.93. The molecule has 2 rings (SSSR count). The fourth-order valence-corrected chi connectivity index (χ4v) is 1.46. The molecule has 0 saturated carbocycles. The highest BCUT2D eigenvalue weighted by atomic mass is 79.9. The first-order valence-electron chi connectivity index (χ1n) is 4.80. The number of nitrogens with zero attached hydrogens (tertiary/aromatic N) is 2. The molecule has 0 unspecified atom stereocenters. The maximum Gasteiger partial charge on any atom is 0.337 e. The van der Waals surface area contributed by atoms with Crippen LogP contribution in [0.2, 0.25) is 0 Å². The zero-order valence-corrected chi connectivity index (χ0v) is 10.6. The molecule has 0 aliphatic carbocycles. The Balaban J connectivity index is 0.000000184. The second-order valence-electron chi connectivity index (χ2n) is 3.30. The van der Waals surface area contributed by atoms with Gasteiger partial charge in [0.25, 0.3) is 11.8 Å². The van der Waals surface area contributed by atoms with Crippen LogP contribution in [0.4, 0.5) is 0 Å². The molecule has 7 nitrogen and oxygen atoms in total. The Bertz CT molecular complexity index is 475. The molecule has 0 radical (unpaired) electrons. The number of carbonyl (C=O) groups excluding carboxylic acids is 2. The van der Waals surface area contributed by atoms with Crippen LogP contribution in [0.15, 0.2) is 22.9 Å². The van der Waals surface area contributed by atoms with Crippen LogP contribution in [0.5, 0.6) is 0 Å². The number of carboxylic acids is 1. The minimum atomic E-state index is -0.964. The Morgan fingerprint density at radius 1 is 1.28 bits per heavy atom. The summed E-state index contributed by atoms with van der Waals surface area (Å²) in [5.41, 5.74) is 0.189. The molecule has 2 amide bonds. The van der Waals surface area contributed by atoms with Crippen molar-refractivity contribution in [2.24, 2.45) is 0 Å². The lowest BCUT2D eigenvalue weighted by atomic mass is 10.3. The average Bonchev–Trinajstić information content (AvgIpc) is 2.61.